The Morgan fingerprint density at radius 3 is 2.30 bits per heavy atom. The minimum absolute atomic E-state index is 0.217. The fourth-order valence-electron chi connectivity index (χ4n) is 1.79. The van der Waals surface area contributed by atoms with Gasteiger partial charge < -0.3 is 5.32 Å². The number of halogens is 3. The molecule has 2 aromatic rings. The minimum atomic E-state index is -0.217. The summed E-state index contributed by atoms with van der Waals surface area (Å²) in [6, 6.07) is 12.5. The van der Waals surface area contributed by atoms with Crippen LogP contribution in [0, 0.1) is 0 Å². The van der Waals surface area contributed by atoms with Gasteiger partial charge in [-0.25, -0.2) is 0 Å². The number of hydrogen-bond acceptors (Lipinski definition) is 1. The topological polar surface area (TPSA) is 29.1 Å². The predicted octanol–water partition coefficient (Wildman–Crippen LogP) is 4.66. The van der Waals surface area contributed by atoms with E-state index in [9.17, 15) is 4.79 Å². The third kappa shape index (κ3) is 4.14. The second kappa shape index (κ2) is 6.98. The summed E-state index contributed by atoms with van der Waals surface area (Å²) in [7, 11) is 0. The van der Waals surface area contributed by atoms with E-state index in [0.29, 0.717) is 28.0 Å². The normalized spacial score (nSPS) is 10.3. The number of hydrogen-bond donors (Lipinski definition) is 1. The van der Waals surface area contributed by atoms with E-state index in [-0.39, 0.29) is 5.91 Å². The van der Waals surface area contributed by atoms with Crippen molar-refractivity contribution in [1.29, 1.82) is 0 Å². The Morgan fingerprint density at radius 1 is 1.00 bits per heavy atom. The lowest BCUT2D eigenvalue weighted by Crippen LogP contribution is -2.22. The van der Waals surface area contributed by atoms with Crippen molar-refractivity contribution in [3.8, 4) is 0 Å². The lowest BCUT2D eigenvalue weighted by molar-refractivity contribution is 0.0951. The van der Waals surface area contributed by atoms with E-state index in [2.05, 4.69) is 5.32 Å². The molecule has 5 heteroatoms. The first-order chi connectivity index (χ1) is 9.58. The summed E-state index contributed by atoms with van der Waals surface area (Å²) in [5.41, 5.74) is 2.45. The van der Waals surface area contributed by atoms with E-state index >= 15 is 0 Å². The average molecular weight is 329 g/mol. The van der Waals surface area contributed by atoms with Crippen molar-refractivity contribution in [3.05, 3.63) is 69.2 Å². The molecule has 0 radical (unpaired) electrons. The number of rotatable bonds is 4. The van der Waals surface area contributed by atoms with Crippen LogP contribution in [-0.4, -0.2) is 5.91 Å². The van der Waals surface area contributed by atoms with Gasteiger partial charge >= 0.3 is 0 Å². The van der Waals surface area contributed by atoms with E-state index in [1.807, 2.05) is 24.3 Å². The molecule has 0 aromatic heterocycles. The number of nitrogens with one attached hydrogen (secondary N) is 1. The number of amides is 1. The van der Waals surface area contributed by atoms with Crippen molar-refractivity contribution in [1.82, 2.24) is 5.32 Å². The molecule has 0 atom stereocenters. The zero-order valence-electron chi connectivity index (χ0n) is 10.5. The van der Waals surface area contributed by atoms with Gasteiger partial charge in [0.1, 0.15) is 0 Å². The molecule has 1 N–H and O–H groups in total. The number of carbonyl (C=O) groups is 1. The molecule has 2 rings (SSSR count). The van der Waals surface area contributed by atoms with E-state index in [0.717, 1.165) is 11.1 Å². The molecule has 0 aliphatic heterocycles. The predicted molar refractivity (Wildman–Crippen MR) is 83.6 cm³/mol. The molecular weight excluding hydrogens is 317 g/mol. The van der Waals surface area contributed by atoms with E-state index < -0.39 is 0 Å². The molecule has 0 bridgehead atoms. The largest absolute Gasteiger partial charge is 0.348 e. The van der Waals surface area contributed by atoms with Gasteiger partial charge in [0.2, 0.25) is 0 Å². The maximum atomic E-state index is 12.0. The van der Waals surface area contributed by atoms with Crippen LogP contribution in [0.1, 0.15) is 21.5 Å². The van der Waals surface area contributed by atoms with Crippen LogP contribution in [0.3, 0.4) is 0 Å². The summed E-state index contributed by atoms with van der Waals surface area (Å²) in [6.45, 7) is 0.424. The molecule has 0 aliphatic rings. The van der Waals surface area contributed by atoms with Crippen LogP contribution in [-0.2, 0) is 12.4 Å². The van der Waals surface area contributed by atoms with Crippen molar-refractivity contribution in [3.63, 3.8) is 0 Å². The second-order valence-electron chi connectivity index (χ2n) is 4.29. The van der Waals surface area contributed by atoms with Gasteiger partial charge in [0.15, 0.2) is 0 Å². The highest BCUT2D eigenvalue weighted by atomic mass is 35.5. The van der Waals surface area contributed by atoms with Gasteiger partial charge in [-0.05, 0) is 29.3 Å². The maximum absolute atomic E-state index is 12.0. The van der Waals surface area contributed by atoms with E-state index in [4.69, 9.17) is 34.8 Å². The van der Waals surface area contributed by atoms with Gasteiger partial charge in [-0.2, -0.15) is 0 Å². The molecule has 0 saturated heterocycles. The number of benzene rings is 2. The quantitative estimate of drug-likeness (QED) is 0.812. The fourth-order valence-corrected chi connectivity index (χ4v) is 2.48. The minimum Gasteiger partial charge on any atom is -0.348 e. The summed E-state index contributed by atoms with van der Waals surface area (Å²) in [6.07, 6.45) is 0. The van der Waals surface area contributed by atoms with Crippen molar-refractivity contribution in [2.75, 3.05) is 0 Å². The summed E-state index contributed by atoms with van der Waals surface area (Å²) in [5.74, 6) is 0.233. The zero-order chi connectivity index (χ0) is 14.5. The Balaban J connectivity index is 2.04. The Morgan fingerprint density at radius 2 is 1.65 bits per heavy atom. The van der Waals surface area contributed by atoms with Gasteiger partial charge in [0.25, 0.3) is 5.91 Å². The van der Waals surface area contributed by atoms with Crippen molar-refractivity contribution in [2.45, 2.75) is 12.4 Å². The number of alkyl halides is 1. The molecule has 0 saturated carbocycles. The molecule has 1 amide bonds. The van der Waals surface area contributed by atoms with Gasteiger partial charge in [0, 0.05) is 28.0 Å². The summed E-state index contributed by atoms with van der Waals surface area (Å²) >= 11 is 17.5. The first-order valence-electron chi connectivity index (χ1n) is 5.96. The van der Waals surface area contributed by atoms with Crippen molar-refractivity contribution < 1.29 is 4.79 Å². The van der Waals surface area contributed by atoms with Gasteiger partial charge in [-0.15, -0.1) is 11.6 Å². The van der Waals surface area contributed by atoms with Crippen LogP contribution >= 0.6 is 34.8 Å². The smallest absolute Gasteiger partial charge is 0.251 e. The van der Waals surface area contributed by atoms with Crippen molar-refractivity contribution in [2.24, 2.45) is 0 Å². The van der Waals surface area contributed by atoms with Crippen molar-refractivity contribution >= 4 is 40.7 Å². The zero-order valence-corrected chi connectivity index (χ0v) is 12.8. The molecule has 0 unspecified atom stereocenters. The molecule has 2 aromatic carbocycles. The summed E-state index contributed by atoms with van der Waals surface area (Å²) in [5, 5.41) is 3.70. The third-order valence-corrected chi connectivity index (χ3v) is 3.47. The molecule has 0 aliphatic carbocycles. The Hall–Kier alpha value is -1.22. The molecule has 0 heterocycles. The third-order valence-electron chi connectivity index (χ3n) is 2.72. The molecule has 2 nitrogen and oxygen atoms in total. The Labute approximate surface area is 132 Å². The van der Waals surface area contributed by atoms with Crippen LogP contribution in [0.5, 0.6) is 0 Å². The first-order valence-corrected chi connectivity index (χ1v) is 7.25. The summed E-state index contributed by atoms with van der Waals surface area (Å²) < 4.78 is 0. The van der Waals surface area contributed by atoms with Crippen LogP contribution in [0.4, 0.5) is 0 Å². The molecule has 104 valence electrons. The molecular formula is C15H12Cl3NO. The van der Waals surface area contributed by atoms with E-state index in [1.165, 1.54) is 0 Å². The van der Waals surface area contributed by atoms with Crippen LogP contribution in [0.2, 0.25) is 10.0 Å². The molecule has 0 fully saturated rings. The van der Waals surface area contributed by atoms with Gasteiger partial charge in [0.05, 0.1) is 0 Å². The summed E-state index contributed by atoms with van der Waals surface area (Å²) in [4.78, 5) is 12.0. The molecule has 0 spiro atoms. The lowest BCUT2D eigenvalue weighted by atomic mass is 10.1. The highest BCUT2D eigenvalue weighted by Crippen LogP contribution is 2.19. The SMILES string of the molecule is O=C(NCc1cccc(CCl)c1)c1cc(Cl)cc(Cl)c1. The van der Waals surface area contributed by atoms with Gasteiger partial charge in [-0.3, -0.25) is 4.79 Å². The second-order valence-corrected chi connectivity index (χ2v) is 5.43. The average Bonchev–Trinajstić information content (AvgIpc) is 2.44. The lowest BCUT2D eigenvalue weighted by Gasteiger charge is -2.07. The first kappa shape index (κ1) is 15.2. The number of carbonyl (C=O) groups excluding carboxylic acids is 1. The van der Waals surface area contributed by atoms with Crippen LogP contribution in [0.25, 0.3) is 0 Å². The van der Waals surface area contributed by atoms with Crippen LogP contribution in [0.15, 0.2) is 42.5 Å². The highest BCUT2D eigenvalue weighted by molar-refractivity contribution is 6.35. The van der Waals surface area contributed by atoms with E-state index in [1.54, 1.807) is 18.2 Å². The van der Waals surface area contributed by atoms with Crippen LogP contribution < -0.4 is 5.32 Å². The maximum Gasteiger partial charge on any atom is 0.251 e. The fraction of sp³-hybridized carbons (Fsp3) is 0.133. The van der Waals surface area contributed by atoms with Gasteiger partial charge in [-0.1, -0.05) is 47.5 Å². The molecule has 20 heavy (non-hydrogen) atoms. The monoisotopic (exact) mass is 327 g/mol. The highest BCUT2D eigenvalue weighted by Gasteiger charge is 2.07. The Bertz CT molecular complexity index is 608. The Kier molecular flexibility index (Phi) is 5.30. The standard InChI is InChI=1S/C15H12Cl3NO/c16-8-10-2-1-3-11(4-10)9-19-15(20)12-5-13(17)7-14(18)6-12/h1-7H,8-9H2,(H,19,20).